The zero-order valence-electron chi connectivity index (χ0n) is 14.1. The summed E-state index contributed by atoms with van der Waals surface area (Å²) in [6.07, 6.45) is 3.42. The van der Waals surface area contributed by atoms with Gasteiger partial charge in [0.2, 0.25) is 11.8 Å². The lowest BCUT2D eigenvalue weighted by Crippen LogP contribution is -2.47. The SMILES string of the molecule is CCCN(CC(=O)N(C)C)C(=O)C(C#N)(CCC)CCC. The molecular formula is C16H29N3O2. The van der Waals surface area contributed by atoms with Gasteiger partial charge >= 0.3 is 0 Å². The molecule has 0 aliphatic heterocycles. The average molecular weight is 295 g/mol. The van der Waals surface area contributed by atoms with Crippen molar-refractivity contribution in [1.29, 1.82) is 5.26 Å². The summed E-state index contributed by atoms with van der Waals surface area (Å²) in [4.78, 5) is 27.8. The van der Waals surface area contributed by atoms with Crippen LogP contribution in [0.15, 0.2) is 0 Å². The molecule has 2 amide bonds. The summed E-state index contributed by atoms with van der Waals surface area (Å²) in [5, 5.41) is 9.58. The summed E-state index contributed by atoms with van der Waals surface area (Å²) in [7, 11) is 3.35. The van der Waals surface area contributed by atoms with Crippen molar-refractivity contribution < 1.29 is 9.59 Å². The number of hydrogen-bond donors (Lipinski definition) is 0. The summed E-state index contributed by atoms with van der Waals surface area (Å²) >= 11 is 0. The van der Waals surface area contributed by atoms with Crippen LogP contribution in [-0.4, -0.2) is 48.8 Å². The van der Waals surface area contributed by atoms with E-state index in [1.165, 1.54) is 4.90 Å². The molecular weight excluding hydrogens is 266 g/mol. The Bertz CT molecular complexity index is 379. The van der Waals surface area contributed by atoms with Crippen LogP contribution >= 0.6 is 0 Å². The summed E-state index contributed by atoms with van der Waals surface area (Å²) in [5.41, 5.74) is -0.981. The van der Waals surface area contributed by atoms with Crippen LogP contribution in [0.3, 0.4) is 0 Å². The normalized spacial score (nSPS) is 10.9. The lowest BCUT2D eigenvalue weighted by molar-refractivity contribution is -0.145. The van der Waals surface area contributed by atoms with E-state index in [1.54, 1.807) is 19.0 Å². The molecule has 0 aliphatic rings. The fraction of sp³-hybridized carbons (Fsp3) is 0.812. The van der Waals surface area contributed by atoms with Crippen molar-refractivity contribution in [2.75, 3.05) is 27.2 Å². The Balaban J connectivity index is 5.30. The first-order valence-corrected chi connectivity index (χ1v) is 7.79. The van der Waals surface area contributed by atoms with E-state index < -0.39 is 5.41 Å². The molecule has 0 aromatic heterocycles. The van der Waals surface area contributed by atoms with Gasteiger partial charge < -0.3 is 9.80 Å². The van der Waals surface area contributed by atoms with Crippen molar-refractivity contribution in [3.05, 3.63) is 0 Å². The van der Waals surface area contributed by atoms with Gasteiger partial charge in [-0.05, 0) is 19.3 Å². The second-order valence-corrected chi connectivity index (χ2v) is 5.71. The highest BCUT2D eigenvalue weighted by atomic mass is 16.2. The van der Waals surface area contributed by atoms with Crippen LogP contribution in [0, 0.1) is 16.7 Å². The monoisotopic (exact) mass is 295 g/mol. The van der Waals surface area contributed by atoms with Gasteiger partial charge in [-0.2, -0.15) is 5.26 Å². The van der Waals surface area contributed by atoms with E-state index in [9.17, 15) is 14.9 Å². The maximum atomic E-state index is 12.9. The molecule has 0 heterocycles. The minimum Gasteiger partial charge on any atom is -0.347 e. The van der Waals surface area contributed by atoms with Crippen molar-refractivity contribution in [2.45, 2.75) is 52.9 Å². The number of amides is 2. The summed E-state index contributed by atoms with van der Waals surface area (Å²) in [6.45, 7) is 6.48. The molecule has 0 saturated heterocycles. The lowest BCUT2D eigenvalue weighted by atomic mass is 9.79. The largest absolute Gasteiger partial charge is 0.347 e. The Labute approximate surface area is 128 Å². The lowest BCUT2D eigenvalue weighted by Gasteiger charge is -2.32. The van der Waals surface area contributed by atoms with Crippen molar-refractivity contribution >= 4 is 11.8 Å². The molecule has 5 heteroatoms. The smallest absolute Gasteiger partial charge is 0.243 e. The van der Waals surface area contributed by atoms with Crippen LogP contribution < -0.4 is 0 Å². The molecule has 0 saturated carbocycles. The molecule has 0 rings (SSSR count). The predicted octanol–water partition coefficient (Wildman–Crippen LogP) is 2.42. The second-order valence-electron chi connectivity index (χ2n) is 5.71. The topological polar surface area (TPSA) is 64.4 Å². The molecule has 5 nitrogen and oxygen atoms in total. The molecule has 0 N–H and O–H groups in total. The molecule has 0 radical (unpaired) electrons. The van der Waals surface area contributed by atoms with Crippen LogP contribution in [0.4, 0.5) is 0 Å². The number of carbonyl (C=O) groups is 2. The molecule has 0 bridgehead atoms. The first kappa shape index (κ1) is 19.4. The molecule has 0 spiro atoms. The Hall–Kier alpha value is -1.57. The number of nitriles is 1. The Morgan fingerprint density at radius 1 is 1.05 bits per heavy atom. The maximum absolute atomic E-state index is 12.9. The zero-order valence-corrected chi connectivity index (χ0v) is 14.1. The van der Waals surface area contributed by atoms with E-state index in [2.05, 4.69) is 6.07 Å². The van der Waals surface area contributed by atoms with E-state index in [0.717, 1.165) is 19.3 Å². The number of carbonyl (C=O) groups excluding carboxylic acids is 2. The first-order chi connectivity index (χ1) is 9.88. The van der Waals surface area contributed by atoms with Crippen LogP contribution in [0.1, 0.15) is 52.9 Å². The zero-order chi connectivity index (χ0) is 16.5. The van der Waals surface area contributed by atoms with E-state index in [1.807, 2.05) is 20.8 Å². The van der Waals surface area contributed by atoms with Gasteiger partial charge in [0.05, 0.1) is 12.6 Å². The summed E-state index contributed by atoms with van der Waals surface area (Å²) < 4.78 is 0. The number of likely N-dealkylation sites (N-methyl/N-ethyl adjacent to an activating group) is 1. The Morgan fingerprint density at radius 2 is 1.57 bits per heavy atom. The van der Waals surface area contributed by atoms with Crippen molar-refractivity contribution in [3.8, 4) is 6.07 Å². The summed E-state index contributed by atoms with van der Waals surface area (Å²) in [6, 6.07) is 2.24. The van der Waals surface area contributed by atoms with Crippen LogP contribution in [-0.2, 0) is 9.59 Å². The van der Waals surface area contributed by atoms with Crippen LogP contribution in [0.2, 0.25) is 0 Å². The van der Waals surface area contributed by atoms with Gasteiger partial charge in [0.15, 0.2) is 0 Å². The van der Waals surface area contributed by atoms with E-state index in [4.69, 9.17) is 0 Å². The van der Waals surface area contributed by atoms with Gasteiger partial charge in [-0.25, -0.2) is 0 Å². The average Bonchev–Trinajstić information content (AvgIpc) is 2.45. The summed E-state index contributed by atoms with van der Waals surface area (Å²) in [5.74, 6) is -0.303. The Morgan fingerprint density at radius 3 is 1.90 bits per heavy atom. The van der Waals surface area contributed by atoms with Gasteiger partial charge in [-0.3, -0.25) is 9.59 Å². The first-order valence-electron chi connectivity index (χ1n) is 7.79. The molecule has 0 fully saturated rings. The Kier molecular flexibility index (Phi) is 8.68. The van der Waals surface area contributed by atoms with Crippen molar-refractivity contribution in [3.63, 3.8) is 0 Å². The van der Waals surface area contributed by atoms with E-state index in [-0.39, 0.29) is 18.4 Å². The maximum Gasteiger partial charge on any atom is 0.243 e. The highest BCUT2D eigenvalue weighted by molar-refractivity contribution is 5.89. The van der Waals surface area contributed by atoms with E-state index in [0.29, 0.717) is 19.4 Å². The highest BCUT2D eigenvalue weighted by Gasteiger charge is 2.40. The minimum absolute atomic E-state index is 0.0521. The standard InChI is InChI=1S/C16H29N3O2/c1-6-9-16(13-17,10-7-2)15(21)19(11-8-3)12-14(20)18(4)5/h6-12H2,1-5H3. The van der Waals surface area contributed by atoms with Crippen molar-refractivity contribution in [2.24, 2.45) is 5.41 Å². The van der Waals surface area contributed by atoms with Gasteiger partial charge in [0.1, 0.15) is 5.41 Å². The predicted molar refractivity (Wildman–Crippen MR) is 83.4 cm³/mol. The van der Waals surface area contributed by atoms with Gasteiger partial charge in [-0.1, -0.05) is 33.6 Å². The highest BCUT2D eigenvalue weighted by Crippen LogP contribution is 2.31. The minimum atomic E-state index is -0.981. The molecule has 0 aliphatic carbocycles. The number of nitrogens with zero attached hydrogens (tertiary/aromatic N) is 3. The molecule has 0 aromatic rings. The quantitative estimate of drug-likeness (QED) is 0.656. The van der Waals surface area contributed by atoms with Crippen LogP contribution in [0.5, 0.6) is 0 Å². The van der Waals surface area contributed by atoms with Gasteiger partial charge in [0.25, 0.3) is 0 Å². The third-order valence-corrected chi connectivity index (χ3v) is 3.58. The number of rotatable bonds is 9. The van der Waals surface area contributed by atoms with Gasteiger partial charge in [0, 0.05) is 20.6 Å². The molecule has 0 aromatic carbocycles. The van der Waals surface area contributed by atoms with Crippen LogP contribution in [0.25, 0.3) is 0 Å². The second kappa shape index (κ2) is 9.38. The third kappa shape index (κ3) is 5.37. The fourth-order valence-corrected chi connectivity index (χ4v) is 2.48. The van der Waals surface area contributed by atoms with Crippen molar-refractivity contribution in [1.82, 2.24) is 9.80 Å². The van der Waals surface area contributed by atoms with Gasteiger partial charge in [-0.15, -0.1) is 0 Å². The molecule has 120 valence electrons. The third-order valence-electron chi connectivity index (χ3n) is 3.58. The van der Waals surface area contributed by atoms with E-state index >= 15 is 0 Å². The molecule has 21 heavy (non-hydrogen) atoms. The number of hydrogen-bond acceptors (Lipinski definition) is 3. The molecule has 0 unspecified atom stereocenters. The fourth-order valence-electron chi connectivity index (χ4n) is 2.48. The molecule has 0 atom stereocenters.